The molecule has 0 spiro atoms. The molecule has 4 amide bonds. The minimum absolute atomic E-state index is 0.111. The van der Waals surface area contributed by atoms with Crippen molar-refractivity contribution in [3.63, 3.8) is 0 Å². The number of nitrogens with zero attached hydrogens (tertiary/aromatic N) is 2. The minimum atomic E-state index is -0.475. The average Bonchev–Trinajstić information content (AvgIpc) is 3.55. The zero-order valence-electron chi connectivity index (χ0n) is 21.8. The molecular weight excluding hydrogens is 508 g/mol. The highest BCUT2D eigenvalue weighted by atomic mass is 32.1. The number of benzene rings is 2. The van der Waals surface area contributed by atoms with Crippen molar-refractivity contribution in [2.45, 2.75) is 39.5 Å². The summed E-state index contributed by atoms with van der Waals surface area (Å²) in [4.78, 5) is 41.9. The molecule has 0 saturated carbocycles. The number of nitrogens with one attached hydrogen (secondary N) is 2. The number of amides is 4. The van der Waals surface area contributed by atoms with Gasteiger partial charge in [0.05, 0.1) is 11.3 Å². The molecule has 8 heteroatoms. The quantitative estimate of drug-likeness (QED) is 0.229. The third-order valence-electron chi connectivity index (χ3n) is 7.28. The Morgan fingerprint density at radius 1 is 0.974 bits per heavy atom. The number of hydrogen-bond donors (Lipinski definition) is 2. The SMILES string of the molecule is Cc1cc(/C=C2/NC(=O)N(c3ccccc3)C2=O)c(C)n1-c1sc2c(c1C(=O)Nc1ccccc1)CCCC2. The fourth-order valence-electron chi connectivity index (χ4n) is 5.41. The Bertz CT molecular complexity index is 1630. The number of imide groups is 1. The Balaban J connectivity index is 1.39. The Hall–Kier alpha value is -4.43. The first kappa shape index (κ1) is 24.9. The van der Waals surface area contributed by atoms with Gasteiger partial charge in [-0.1, -0.05) is 36.4 Å². The van der Waals surface area contributed by atoms with Crippen molar-refractivity contribution in [3.05, 3.63) is 105 Å². The van der Waals surface area contributed by atoms with E-state index in [0.717, 1.165) is 69.3 Å². The summed E-state index contributed by atoms with van der Waals surface area (Å²) >= 11 is 1.67. The van der Waals surface area contributed by atoms with Crippen LogP contribution in [-0.2, 0) is 17.6 Å². The lowest BCUT2D eigenvalue weighted by Crippen LogP contribution is -2.30. The van der Waals surface area contributed by atoms with Crippen LogP contribution in [0.25, 0.3) is 11.1 Å². The molecule has 2 aromatic heterocycles. The van der Waals surface area contributed by atoms with Gasteiger partial charge in [0, 0.05) is 22.0 Å². The minimum Gasteiger partial charge on any atom is -0.322 e. The van der Waals surface area contributed by atoms with E-state index in [1.807, 2.05) is 56.3 Å². The zero-order valence-corrected chi connectivity index (χ0v) is 22.6. The fraction of sp³-hybridized carbons (Fsp3) is 0.194. The maximum Gasteiger partial charge on any atom is 0.333 e. The maximum absolute atomic E-state index is 13.7. The third-order valence-corrected chi connectivity index (χ3v) is 8.55. The van der Waals surface area contributed by atoms with Gasteiger partial charge in [-0.05, 0) is 87.1 Å². The second kappa shape index (κ2) is 10.0. The van der Waals surface area contributed by atoms with E-state index in [0.29, 0.717) is 5.69 Å². The number of hydrogen-bond acceptors (Lipinski definition) is 4. The van der Waals surface area contributed by atoms with Gasteiger partial charge in [0.25, 0.3) is 11.8 Å². The van der Waals surface area contributed by atoms with Crippen molar-refractivity contribution in [2.75, 3.05) is 10.2 Å². The Morgan fingerprint density at radius 2 is 1.67 bits per heavy atom. The summed E-state index contributed by atoms with van der Waals surface area (Å²) in [5.74, 6) is -0.509. The summed E-state index contributed by atoms with van der Waals surface area (Å²) in [5.41, 5.74) is 6.01. The van der Waals surface area contributed by atoms with Gasteiger partial charge in [-0.15, -0.1) is 11.3 Å². The number of fused-ring (bicyclic) bond motifs is 1. The summed E-state index contributed by atoms with van der Waals surface area (Å²) in [5, 5.41) is 6.70. The van der Waals surface area contributed by atoms with Gasteiger partial charge in [0.15, 0.2) is 0 Å². The first-order chi connectivity index (χ1) is 18.9. The van der Waals surface area contributed by atoms with Crippen molar-refractivity contribution in [1.82, 2.24) is 9.88 Å². The van der Waals surface area contributed by atoms with Crippen LogP contribution in [0.5, 0.6) is 0 Å². The average molecular weight is 537 g/mol. The number of rotatable bonds is 5. The number of para-hydroxylation sites is 2. The van der Waals surface area contributed by atoms with Gasteiger partial charge >= 0.3 is 6.03 Å². The fourth-order valence-corrected chi connectivity index (χ4v) is 6.90. The van der Waals surface area contributed by atoms with E-state index in [1.54, 1.807) is 41.7 Å². The lowest BCUT2D eigenvalue weighted by atomic mass is 9.95. The maximum atomic E-state index is 13.7. The highest BCUT2D eigenvalue weighted by Gasteiger charge is 2.35. The Morgan fingerprint density at radius 3 is 2.41 bits per heavy atom. The highest BCUT2D eigenvalue weighted by Crippen LogP contribution is 2.39. The molecule has 0 bridgehead atoms. The zero-order chi connectivity index (χ0) is 27.1. The predicted octanol–water partition coefficient (Wildman–Crippen LogP) is 6.38. The smallest absolute Gasteiger partial charge is 0.322 e. The molecule has 3 heterocycles. The molecule has 196 valence electrons. The highest BCUT2D eigenvalue weighted by molar-refractivity contribution is 7.15. The molecule has 4 aromatic rings. The molecule has 1 fully saturated rings. The van der Waals surface area contributed by atoms with Crippen molar-refractivity contribution >= 4 is 46.6 Å². The number of thiophene rings is 1. The van der Waals surface area contributed by atoms with Crippen molar-refractivity contribution in [1.29, 1.82) is 0 Å². The molecule has 2 aromatic carbocycles. The molecule has 7 nitrogen and oxygen atoms in total. The largest absolute Gasteiger partial charge is 0.333 e. The van der Waals surface area contributed by atoms with E-state index in [1.165, 1.54) is 4.88 Å². The number of carbonyl (C=O) groups is 3. The summed E-state index contributed by atoms with van der Waals surface area (Å²) in [6.45, 7) is 3.98. The van der Waals surface area contributed by atoms with Crippen LogP contribution in [0.15, 0.2) is 72.4 Å². The van der Waals surface area contributed by atoms with Crippen molar-refractivity contribution < 1.29 is 14.4 Å². The molecule has 6 rings (SSSR count). The van der Waals surface area contributed by atoms with E-state index in [4.69, 9.17) is 0 Å². The molecule has 0 unspecified atom stereocenters. The van der Waals surface area contributed by atoms with Crippen LogP contribution in [0.1, 0.15) is 50.6 Å². The van der Waals surface area contributed by atoms with Gasteiger partial charge in [0.1, 0.15) is 10.7 Å². The number of anilines is 2. The summed E-state index contributed by atoms with van der Waals surface area (Å²) in [7, 11) is 0. The van der Waals surface area contributed by atoms with Crippen LogP contribution in [0.3, 0.4) is 0 Å². The molecule has 0 radical (unpaired) electrons. The van der Waals surface area contributed by atoms with Gasteiger partial charge in [-0.25, -0.2) is 9.69 Å². The van der Waals surface area contributed by atoms with Crippen LogP contribution >= 0.6 is 11.3 Å². The number of aryl methyl sites for hydroxylation is 2. The Kier molecular flexibility index (Phi) is 6.40. The standard InChI is InChI=1S/C31H28N4O3S/c1-19-17-21(18-25-29(37)35(31(38)33-25)23-13-7-4-8-14-23)20(2)34(19)30-27(24-15-9-10-16-26(24)39-30)28(36)32-22-11-5-3-6-12-22/h3-8,11-14,17-18H,9-10,15-16H2,1-2H3,(H,32,36)(H,33,38)/b25-18+. The second-order valence-electron chi connectivity index (χ2n) is 9.84. The van der Waals surface area contributed by atoms with Gasteiger partial charge in [-0.3, -0.25) is 9.59 Å². The molecule has 2 aliphatic rings. The summed E-state index contributed by atoms with van der Waals surface area (Å²) < 4.78 is 2.10. The monoisotopic (exact) mass is 536 g/mol. The molecule has 1 saturated heterocycles. The number of aromatic nitrogens is 1. The molecular formula is C31H28N4O3S. The van der Waals surface area contributed by atoms with E-state index in [-0.39, 0.29) is 11.6 Å². The number of carbonyl (C=O) groups excluding carboxylic acids is 3. The van der Waals surface area contributed by atoms with Crippen LogP contribution in [-0.4, -0.2) is 22.4 Å². The second-order valence-corrected chi connectivity index (χ2v) is 10.9. The van der Waals surface area contributed by atoms with E-state index in [9.17, 15) is 14.4 Å². The summed E-state index contributed by atoms with van der Waals surface area (Å²) in [6.07, 6.45) is 5.76. The van der Waals surface area contributed by atoms with Crippen LogP contribution in [0.2, 0.25) is 0 Å². The first-order valence-electron chi connectivity index (χ1n) is 13.0. The summed E-state index contributed by atoms with van der Waals surface area (Å²) in [6, 6.07) is 19.9. The predicted molar refractivity (Wildman–Crippen MR) is 155 cm³/mol. The molecule has 0 atom stereocenters. The van der Waals surface area contributed by atoms with Crippen LogP contribution in [0, 0.1) is 13.8 Å². The lowest BCUT2D eigenvalue weighted by molar-refractivity contribution is -0.113. The molecule has 1 aliphatic heterocycles. The first-order valence-corrected chi connectivity index (χ1v) is 13.9. The lowest BCUT2D eigenvalue weighted by Gasteiger charge is -2.14. The van der Waals surface area contributed by atoms with Crippen LogP contribution < -0.4 is 15.5 Å². The van der Waals surface area contributed by atoms with E-state index >= 15 is 0 Å². The van der Waals surface area contributed by atoms with Crippen LogP contribution in [0.4, 0.5) is 16.2 Å². The molecule has 2 N–H and O–H groups in total. The Labute approximate surface area is 230 Å². The molecule has 1 aliphatic carbocycles. The van der Waals surface area contributed by atoms with E-state index < -0.39 is 11.9 Å². The normalized spacial score (nSPS) is 15.9. The van der Waals surface area contributed by atoms with E-state index in [2.05, 4.69) is 15.2 Å². The van der Waals surface area contributed by atoms with Gasteiger partial charge in [-0.2, -0.15) is 0 Å². The topological polar surface area (TPSA) is 83.4 Å². The van der Waals surface area contributed by atoms with Crippen molar-refractivity contribution in [3.8, 4) is 5.00 Å². The number of urea groups is 1. The van der Waals surface area contributed by atoms with Gasteiger partial charge in [0.2, 0.25) is 0 Å². The molecule has 39 heavy (non-hydrogen) atoms. The van der Waals surface area contributed by atoms with Crippen molar-refractivity contribution in [2.24, 2.45) is 0 Å². The third kappa shape index (κ3) is 4.46. The van der Waals surface area contributed by atoms with Gasteiger partial charge < -0.3 is 15.2 Å².